The van der Waals surface area contributed by atoms with Gasteiger partial charge in [0.2, 0.25) is 20.8 Å². The molecule has 0 aromatic rings. The molecule has 5 rings (SSSR count). The number of carboxylic acid groups (broad SMARTS) is 1. The number of aliphatic carboxylic acids is 1. The van der Waals surface area contributed by atoms with E-state index in [9.17, 15) is 50.8 Å². The maximum atomic E-state index is 12.9. The summed E-state index contributed by atoms with van der Waals surface area (Å²) < 4.78 is 96.9. The minimum atomic E-state index is -5.69. The van der Waals surface area contributed by atoms with Crippen LogP contribution in [0.1, 0.15) is 72.1 Å². The number of rotatable bonds is 11. The van der Waals surface area contributed by atoms with Crippen molar-refractivity contribution in [2.24, 2.45) is 40.4 Å². The number of esters is 1. The maximum absolute atomic E-state index is 12.9. The quantitative estimate of drug-likeness (QED) is 0.0442. The van der Waals surface area contributed by atoms with Crippen LogP contribution >= 0.6 is 0 Å². The van der Waals surface area contributed by atoms with Gasteiger partial charge >= 0.3 is 115 Å². The fourth-order valence-corrected chi connectivity index (χ4v) is 10.8. The molecule has 20 heteroatoms. The van der Waals surface area contributed by atoms with Gasteiger partial charge in [-0.2, -0.15) is 0 Å². The van der Waals surface area contributed by atoms with E-state index in [0.29, 0.717) is 12.8 Å². The van der Waals surface area contributed by atoms with E-state index in [2.05, 4.69) is 14.9 Å². The first-order valence-electron chi connectivity index (χ1n) is 16.2. The fraction of sp³-hybridized carbons (Fsp3) is 0.867. The van der Waals surface area contributed by atoms with E-state index in [1.165, 1.54) is 0 Å². The van der Waals surface area contributed by atoms with Crippen LogP contribution in [0.4, 0.5) is 0 Å². The Morgan fingerprint density at radius 1 is 1.02 bits per heavy atom. The smallest absolute Gasteiger partial charge is 0.726 e. The van der Waals surface area contributed by atoms with Crippen LogP contribution in [0.3, 0.4) is 0 Å². The van der Waals surface area contributed by atoms with Crippen molar-refractivity contribution in [2.45, 2.75) is 115 Å². The van der Waals surface area contributed by atoms with E-state index in [4.69, 9.17) is 14.2 Å². The standard InChI is InChI=1S/C30H46O16S2.2K/c1-14(2)9-22(32)44-25-24(46-48(39,40)41)23(45-47(36,37)38)20(13-31)43-28(25)42-17-10-18(27(34)35)19-7-8-30-11-16(15(3)26(30)33)5-6-21(30)29(19,4)12-17;;/h14,16-21,23-26,28,31,33H,3,5-13H2,1-2,4H3,(H,34,35)(H,36,37,38)(H,39,40,41);;/q;2*+1/p-2/t16?,17-,18-,19-,20-,21+,23-,24+,25-,26+,28-,29+,30-;;/m1../s1. The number of hydrogen-bond acceptors (Lipinski definition) is 15. The second-order valence-corrected chi connectivity index (χ2v) is 16.8. The first kappa shape index (κ1) is 45.9. The minimum absolute atomic E-state index is 0. The Morgan fingerprint density at radius 2 is 1.64 bits per heavy atom. The molecule has 2 bridgehead atoms. The molecule has 0 amide bonds. The number of ether oxygens (including phenoxy) is 3. The topological polar surface area (TPSA) is 255 Å². The largest absolute Gasteiger partial charge is 1.00 e. The molecule has 16 nitrogen and oxygen atoms in total. The van der Waals surface area contributed by atoms with Crippen LogP contribution in [-0.2, 0) is 53.0 Å². The van der Waals surface area contributed by atoms with Crippen molar-refractivity contribution in [1.82, 2.24) is 0 Å². The molecule has 1 unspecified atom stereocenters. The van der Waals surface area contributed by atoms with Crippen molar-refractivity contribution >= 4 is 32.7 Å². The Balaban J connectivity index is 0.00000338. The van der Waals surface area contributed by atoms with Crippen LogP contribution in [0.25, 0.3) is 0 Å². The summed E-state index contributed by atoms with van der Waals surface area (Å²) in [5.41, 5.74) is -0.359. The van der Waals surface area contributed by atoms with Gasteiger partial charge in [-0.15, -0.1) is 0 Å². The molecule has 4 saturated carbocycles. The van der Waals surface area contributed by atoms with Gasteiger partial charge in [-0.05, 0) is 79.6 Å². The van der Waals surface area contributed by atoms with Crippen molar-refractivity contribution in [3.8, 4) is 0 Å². The van der Waals surface area contributed by atoms with Crippen molar-refractivity contribution in [3.63, 3.8) is 0 Å². The van der Waals surface area contributed by atoms with Gasteiger partial charge in [0.05, 0.1) is 24.7 Å². The second kappa shape index (κ2) is 17.4. The molecular weight excluding hydrogens is 759 g/mol. The first-order valence-corrected chi connectivity index (χ1v) is 18.8. The molecule has 1 saturated heterocycles. The molecule has 0 aromatic heterocycles. The van der Waals surface area contributed by atoms with Gasteiger partial charge in [0.25, 0.3) is 0 Å². The van der Waals surface area contributed by atoms with Gasteiger partial charge in [-0.3, -0.25) is 18.0 Å². The van der Waals surface area contributed by atoms with E-state index in [1.807, 2.05) is 6.92 Å². The number of hydrogen-bond donors (Lipinski definition) is 3. The van der Waals surface area contributed by atoms with Gasteiger partial charge in [0, 0.05) is 11.8 Å². The van der Waals surface area contributed by atoms with Gasteiger partial charge < -0.3 is 38.6 Å². The minimum Gasteiger partial charge on any atom is -0.726 e. The fourth-order valence-electron chi connectivity index (χ4n) is 9.81. The Kier molecular flexibility index (Phi) is 15.9. The van der Waals surface area contributed by atoms with Gasteiger partial charge in [0.1, 0.15) is 18.3 Å². The number of fused-ring (bicyclic) bond motifs is 3. The van der Waals surface area contributed by atoms with Crippen molar-refractivity contribution in [2.75, 3.05) is 6.61 Å². The summed E-state index contributed by atoms with van der Waals surface area (Å²) in [6.45, 7) is 8.41. The monoisotopic (exact) mass is 802 g/mol. The summed E-state index contributed by atoms with van der Waals surface area (Å²) in [6, 6.07) is 0. The summed E-state index contributed by atoms with van der Waals surface area (Å²) >= 11 is 0. The van der Waals surface area contributed by atoms with Crippen molar-refractivity contribution < 1.29 is 176 Å². The zero-order valence-corrected chi connectivity index (χ0v) is 36.8. The van der Waals surface area contributed by atoms with E-state index in [-0.39, 0.29) is 146 Å². The Bertz CT molecular complexity index is 1490. The zero-order chi connectivity index (χ0) is 35.6. The number of carbonyl (C=O) groups excluding carboxylic acids is 1. The summed E-state index contributed by atoms with van der Waals surface area (Å²) in [4.78, 5) is 25.6. The molecule has 50 heavy (non-hydrogen) atoms. The number of aliphatic hydroxyl groups is 2. The van der Waals surface area contributed by atoms with Gasteiger partial charge in [0.15, 0.2) is 12.4 Å². The van der Waals surface area contributed by atoms with Crippen LogP contribution in [0.5, 0.6) is 0 Å². The van der Waals surface area contributed by atoms with Crippen molar-refractivity contribution in [3.05, 3.63) is 12.2 Å². The third kappa shape index (κ3) is 9.55. The molecule has 274 valence electrons. The third-order valence-corrected chi connectivity index (χ3v) is 12.4. The van der Waals surface area contributed by atoms with E-state index < -0.39 is 99.0 Å². The normalized spacial score (nSPS) is 41.3. The molecule has 13 atom stereocenters. The Labute approximate surface area is 377 Å². The van der Waals surface area contributed by atoms with Crippen LogP contribution in [-0.4, -0.2) is 103 Å². The molecule has 3 N–H and O–H groups in total. The van der Waals surface area contributed by atoms with Crippen LogP contribution in [0, 0.1) is 40.4 Å². The van der Waals surface area contributed by atoms with E-state index in [1.54, 1.807) is 13.8 Å². The van der Waals surface area contributed by atoms with E-state index in [0.717, 1.165) is 24.8 Å². The number of carbonyl (C=O) groups is 2. The first-order chi connectivity index (χ1) is 22.2. The Morgan fingerprint density at radius 3 is 2.20 bits per heavy atom. The van der Waals surface area contributed by atoms with Crippen LogP contribution in [0.2, 0.25) is 0 Å². The molecule has 5 fully saturated rings. The molecule has 1 heterocycles. The second-order valence-electron chi connectivity index (χ2n) is 14.8. The molecule has 0 aromatic carbocycles. The van der Waals surface area contributed by atoms with Crippen LogP contribution < -0.4 is 103 Å². The average Bonchev–Trinajstić information content (AvgIpc) is 3.12. The van der Waals surface area contributed by atoms with E-state index >= 15 is 0 Å². The predicted molar refractivity (Wildman–Crippen MR) is 159 cm³/mol. The Hall–Kier alpha value is 1.53. The number of aliphatic hydroxyl groups excluding tert-OH is 2. The average molecular weight is 803 g/mol. The predicted octanol–water partition coefficient (Wildman–Crippen LogP) is -5.01. The third-order valence-electron chi connectivity index (χ3n) is 11.5. The molecule has 4 aliphatic carbocycles. The van der Waals surface area contributed by atoms with Gasteiger partial charge in [-0.25, -0.2) is 16.8 Å². The zero-order valence-electron chi connectivity index (χ0n) is 29.0. The summed E-state index contributed by atoms with van der Waals surface area (Å²) in [6.07, 6.45) is -8.49. The van der Waals surface area contributed by atoms with Crippen LogP contribution in [0.15, 0.2) is 12.2 Å². The molecule has 5 aliphatic rings. The number of carboxylic acids is 1. The molecule has 0 radical (unpaired) electrons. The molecule has 1 spiro atoms. The summed E-state index contributed by atoms with van der Waals surface area (Å²) in [5, 5.41) is 31.9. The molecule has 1 aliphatic heterocycles. The molecular formula is C30H44K2O16S2. The maximum Gasteiger partial charge on any atom is 1.00 e. The van der Waals surface area contributed by atoms with Gasteiger partial charge in [-0.1, -0.05) is 27.4 Å². The summed E-state index contributed by atoms with van der Waals surface area (Å²) in [7, 11) is -11.3. The SMILES string of the molecule is C=C1C2CC[C@H]3[C@@]4(C)C[C@H](O[C@@H]5O[C@H](CO)[C@@H](OS(=O)(=O)[O-])[C@H](OS(=O)(=O)[O-])[C@H]5OC(=O)CC(C)C)C[C@@H](C(=O)O)[C@H]4CC[C@]3(C2)[C@H]1O.[K+].[K+]. The summed E-state index contributed by atoms with van der Waals surface area (Å²) in [5.74, 6) is -3.38. The van der Waals surface area contributed by atoms with Crippen molar-refractivity contribution in [1.29, 1.82) is 0 Å².